The molecule has 0 amide bonds. The van der Waals surface area contributed by atoms with Crippen molar-refractivity contribution in [1.82, 2.24) is 4.90 Å². The third-order valence-electron chi connectivity index (χ3n) is 2.92. The van der Waals surface area contributed by atoms with Gasteiger partial charge in [-0.2, -0.15) is 0 Å². The Hall–Kier alpha value is -0.0400. The molecular weight excluding hydrogens is 146 g/mol. The standard InChI is InChI=1S/C11H23N/c1-11(2,3)8-9-6-7-10(9)12(4)5/h9-10H,6-8H2,1-5H3/t9-,10-/m0/s1. The van der Waals surface area contributed by atoms with Gasteiger partial charge in [0.2, 0.25) is 0 Å². The summed E-state index contributed by atoms with van der Waals surface area (Å²) in [4.78, 5) is 2.39. The maximum absolute atomic E-state index is 2.39. The fourth-order valence-corrected chi connectivity index (χ4v) is 2.26. The highest BCUT2D eigenvalue weighted by Crippen LogP contribution is 2.39. The van der Waals surface area contributed by atoms with E-state index < -0.39 is 0 Å². The predicted octanol–water partition coefficient (Wildman–Crippen LogP) is 2.76. The quantitative estimate of drug-likeness (QED) is 0.614. The fourth-order valence-electron chi connectivity index (χ4n) is 2.26. The first-order valence-electron chi connectivity index (χ1n) is 5.06. The second-order valence-corrected chi connectivity index (χ2v) is 5.63. The van der Waals surface area contributed by atoms with Crippen molar-refractivity contribution < 1.29 is 0 Å². The minimum Gasteiger partial charge on any atom is -0.306 e. The van der Waals surface area contributed by atoms with E-state index in [-0.39, 0.29) is 0 Å². The summed E-state index contributed by atoms with van der Waals surface area (Å²) in [5.41, 5.74) is 0.513. The summed E-state index contributed by atoms with van der Waals surface area (Å²) < 4.78 is 0. The Bertz CT molecular complexity index is 144. The van der Waals surface area contributed by atoms with Gasteiger partial charge in [0.05, 0.1) is 0 Å². The summed E-state index contributed by atoms with van der Waals surface area (Å²) in [5.74, 6) is 0.958. The van der Waals surface area contributed by atoms with E-state index in [9.17, 15) is 0 Å². The molecule has 0 aromatic carbocycles. The Morgan fingerprint density at radius 3 is 2.00 bits per heavy atom. The van der Waals surface area contributed by atoms with E-state index in [1.807, 2.05) is 0 Å². The Kier molecular flexibility index (Phi) is 2.82. The average Bonchev–Trinajstić information content (AvgIpc) is 1.77. The summed E-state index contributed by atoms with van der Waals surface area (Å²) in [7, 11) is 4.42. The summed E-state index contributed by atoms with van der Waals surface area (Å²) in [6.07, 6.45) is 4.24. The molecule has 0 bridgehead atoms. The van der Waals surface area contributed by atoms with Gasteiger partial charge in [-0.05, 0) is 44.7 Å². The lowest BCUT2D eigenvalue weighted by Gasteiger charge is -2.44. The van der Waals surface area contributed by atoms with Crippen molar-refractivity contribution in [2.45, 2.75) is 46.1 Å². The summed E-state index contributed by atoms with van der Waals surface area (Å²) >= 11 is 0. The molecule has 0 radical (unpaired) electrons. The van der Waals surface area contributed by atoms with Crippen molar-refractivity contribution in [3.8, 4) is 0 Å². The van der Waals surface area contributed by atoms with Crippen LogP contribution in [0.25, 0.3) is 0 Å². The molecule has 12 heavy (non-hydrogen) atoms. The van der Waals surface area contributed by atoms with Gasteiger partial charge < -0.3 is 4.90 Å². The maximum atomic E-state index is 2.39. The molecule has 1 rings (SSSR count). The zero-order chi connectivity index (χ0) is 9.35. The van der Waals surface area contributed by atoms with Gasteiger partial charge >= 0.3 is 0 Å². The zero-order valence-corrected chi connectivity index (χ0v) is 9.22. The molecule has 0 aromatic rings. The Balaban J connectivity index is 2.35. The molecule has 1 fully saturated rings. The summed E-state index contributed by atoms with van der Waals surface area (Å²) in [6, 6.07) is 0.865. The molecule has 0 unspecified atom stereocenters. The van der Waals surface area contributed by atoms with Crippen LogP contribution in [0.4, 0.5) is 0 Å². The maximum Gasteiger partial charge on any atom is 0.0118 e. The van der Waals surface area contributed by atoms with Gasteiger partial charge in [0, 0.05) is 6.04 Å². The van der Waals surface area contributed by atoms with Gasteiger partial charge in [-0.3, -0.25) is 0 Å². The summed E-state index contributed by atoms with van der Waals surface area (Å²) in [6.45, 7) is 7.04. The third-order valence-corrected chi connectivity index (χ3v) is 2.92. The molecule has 0 spiro atoms. The van der Waals surface area contributed by atoms with Crippen LogP contribution < -0.4 is 0 Å². The van der Waals surface area contributed by atoms with Gasteiger partial charge in [-0.15, -0.1) is 0 Å². The minimum absolute atomic E-state index is 0.513. The van der Waals surface area contributed by atoms with Crippen molar-refractivity contribution in [2.75, 3.05) is 14.1 Å². The second kappa shape index (κ2) is 3.37. The first-order chi connectivity index (χ1) is 5.40. The molecule has 1 heteroatoms. The van der Waals surface area contributed by atoms with Gasteiger partial charge in [0.15, 0.2) is 0 Å². The summed E-state index contributed by atoms with van der Waals surface area (Å²) in [5, 5.41) is 0. The van der Waals surface area contributed by atoms with E-state index in [1.54, 1.807) is 0 Å². The second-order valence-electron chi connectivity index (χ2n) is 5.63. The number of rotatable bonds is 2. The molecule has 0 aromatic heterocycles. The van der Waals surface area contributed by atoms with Gasteiger partial charge in [0.25, 0.3) is 0 Å². The predicted molar refractivity (Wildman–Crippen MR) is 54.3 cm³/mol. The average molecular weight is 169 g/mol. The van der Waals surface area contributed by atoms with Crippen LogP contribution in [-0.4, -0.2) is 25.0 Å². The Labute approximate surface area is 77.1 Å². The monoisotopic (exact) mass is 169 g/mol. The molecule has 72 valence electrons. The first-order valence-corrected chi connectivity index (χ1v) is 5.06. The van der Waals surface area contributed by atoms with Crippen molar-refractivity contribution in [2.24, 2.45) is 11.3 Å². The van der Waals surface area contributed by atoms with Gasteiger partial charge in [-0.25, -0.2) is 0 Å². The number of hydrogen-bond acceptors (Lipinski definition) is 1. The van der Waals surface area contributed by atoms with E-state index in [0.717, 1.165) is 12.0 Å². The number of nitrogens with zero attached hydrogens (tertiary/aromatic N) is 1. The lowest BCUT2D eigenvalue weighted by molar-refractivity contribution is 0.0724. The van der Waals surface area contributed by atoms with E-state index >= 15 is 0 Å². The number of hydrogen-bond donors (Lipinski definition) is 0. The molecule has 1 nitrogen and oxygen atoms in total. The van der Waals surface area contributed by atoms with Gasteiger partial charge in [-0.1, -0.05) is 20.8 Å². The van der Waals surface area contributed by atoms with Crippen LogP contribution in [0, 0.1) is 11.3 Å². The van der Waals surface area contributed by atoms with Crippen LogP contribution in [0.5, 0.6) is 0 Å². The topological polar surface area (TPSA) is 3.24 Å². The highest BCUT2D eigenvalue weighted by atomic mass is 15.1. The molecule has 0 saturated heterocycles. The van der Waals surface area contributed by atoms with Crippen molar-refractivity contribution >= 4 is 0 Å². The van der Waals surface area contributed by atoms with E-state index in [1.165, 1.54) is 19.3 Å². The van der Waals surface area contributed by atoms with Crippen LogP contribution in [0.2, 0.25) is 0 Å². The lowest BCUT2D eigenvalue weighted by atomic mass is 9.70. The molecular formula is C11H23N. The molecule has 2 atom stereocenters. The lowest BCUT2D eigenvalue weighted by Crippen LogP contribution is -2.44. The molecule has 0 N–H and O–H groups in total. The largest absolute Gasteiger partial charge is 0.306 e. The van der Waals surface area contributed by atoms with Crippen molar-refractivity contribution in [3.63, 3.8) is 0 Å². The van der Waals surface area contributed by atoms with E-state index in [4.69, 9.17) is 0 Å². The van der Waals surface area contributed by atoms with Crippen LogP contribution in [-0.2, 0) is 0 Å². The molecule has 1 aliphatic rings. The van der Waals surface area contributed by atoms with E-state index in [2.05, 4.69) is 39.8 Å². The minimum atomic E-state index is 0.513. The Morgan fingerprint density at radius 2 is 1.75 bits per heavy atom. The van der Waals surface area contributed by atoms with Crippen LogP contribution in [0.3, 0.4) is 0 Å². The molecule has 1 saturated carbocycles. The van der Waals surface area contributed by atoms with Crippen molar-refractivity contribution in [1.29, 1.82) is 0 Å². The molecule has 0 heterocycles. The smallest absolute Gasteiger partial charge is 0.0118 e. The third kappa shape index (κ3) is 2.48. The zero-order valence-electron chi connectivity index (χ0n) is 9.22. The fraction of sp³-hybridized carbons (Fsp3) is 1.00. The van der Waals surface area contributed by atoms with Crippen LogP contribution in [0.1, 0.15) is 40.0 Å². The van der Waals surface area contributed by atoms with E-state index in [0.29, 0.717) is 5.41 Å². The van der Waals surface area contributed by atoms with Gasteiger partial charge in [0.1, 0.15) is 0 Å². The Morgan fingerprint density at radius 1 is 1.17 bits per heavy atom. The normalized spacial score (nSPS) is 30.5. The van der Waals surface area contributed by atoms with Crippen LogP contribution >= 0.6 is 0 Å². The van der Waals surface area contributed by atoms with Crippen molar-refractivity contribution in [3.05, 3.63) is 0 Å². The highest BCUT2D eigenvalue weighted by molar-refractivity contribution is 4.88. The highest BCUT2D eigenvalue weighted by Gasteiger charge is 2.34. The SMILES string of the molecule is CN(C)[C@H]1CC[C@H]1CC(C)(C)C. The molecule has 0 aliphatic heterocycles. The van der Waals surface area contributed by atoms with Crippen LogP contribution in [0.15, 0.2) is 0 Å². The molecule has 1 aliphatic carbocycles. The first kappa shape index (κ1) is 10.0.